The van der Waals surface area contributed by atoms with Crippen LogP contribution in [0.3, 0.4) is 0 Å². The minimum Gasteiger partial charge on any atom is -0.331 e. The van der Waals surface area contributed by atoms with Crippen molar-refractivity contribution in [2.45, 2.75) is 26.8 Å². The molecule has 1 amide bonds. The highest BCUT2D eigenvalue weighted by atomic mass is 16.2. The molecule has 1 heterocycles. The monoisotopic (exact) mass is 261 g/mol. The van der Waals surface area contributed by atoms with Gasteiger partial charge in [0.1, 0.15) is 6.54 Å². The van der Waals surface area contributed by atoms with Crippen molar-refractivity contribution in [2.24, 2.45) is 5.92 Å². The molecule has 0 spiro atoms. The van der Waals surface area contributed by atoms with E-state index in [1.165, 1.54) is 5.56 Å². The molecule has 1 aliphatic heterocycles. The van der Waals surface area contributed by atoms with Crippen molar-refractivity contribution >= 4 is 5.91 Å². The smallest absolute Gasteiger partial charge is 0.225 e. The molecule has 0 saturated carbocycles. The van der Waals surface area contributed by atoms with E-state index in [9.17, 15) is 4.79 Å². The van der Waals surface area contributed by atoms with Gasteiger partial charge in [-0.1, -0.05) is 44.2 Å². The summed E-state index contributed by atoms with van der Waals surface area (Å²) in [5, 5.41) is 0. The molecule has 0 aromatic heterocycles. The van der Waals surface area contributed by atoms with Gasteiger partial charge in [-0.05, 0) is 6.42 Å². The summed E-state index contributed by atoms with van der Waals surface area (Å²) in [6, 6.07) is 10.6. The Labute approximate surface area is 116 Å². The molecule has 1 aromatic carbocycles. The number of carbonyl (C=O) groups is 1. The number of piperazine rings is 1. The predicted octanol–water partition coefficient (Wildman–Crippen LogP) is 0.960. The van der Waals surface area contributed by atoms with E-state index in [0.29, 0.717) is 5.91 Å². The Bertz CT molecular complexity index is 396. The molecule has 0 radical (unpaired) electrons. The molecule has 1 fully saturated rings. The molecular formula is C16H25N2O+. The Balaban J connectivity index is 1.81. The molecule has 104 valence electrons. The lowest BCUT2D eigenvalue weighted by atomic mass is 10.1. The Morgan fingerprint density at radius 3 is 2.47 bits per heavy atom. The fourth-order valence-corrected chi connectivity index (χ4v) is 2.59. The summed E-state index contributed by atoms with van der Waals surface area (Å²) in [4.78, 5) is 15.7. The van der Waals surface area contributed by atoms with Crippen molar-refractivity contribution in [3.63, 3.8) is 0 Å². The second-order valence-corrected chi connectivity index (χ2v) is 5.55. The zero-order valence-corrected chi connectivity index (χ0v) is 12.1. The number of rotatable bonds is 4. The van der Waals surface area contributed by atoms with Crippen LogP contribution < -0.4 is 4.90 Å². The van der Waals surface area contributed by atoms with E-state index in [1.54, 1.807) is 4.90 Å². The fourth-order valence-electron chi connectivity index (χ4n) is 2.59. The maximum Gasteiger partial charge on any atom is 0.225 e. The number of hydrogen-bond acceptors (Lipinski definition) is 1. The van der Waals surface area contributed by atoms with Gasteiger partial charge in [0.2, 0.25) is 5.91 Å². The number of hydrogen-bond donors (Lipinski definition) is 1. The first kappa shape index (κ1) is 14.1. The van der Waals surface area contributed by atoms with Gasteiger partial charge in [-0.25, -0.2) is 0 Å². The van der Waals surface area contributed by atoms with Gasteiger partial charge in [0.05, 0.1) is 26.2 Å². The average Bonchev–Trinajstić information content (AvgIpc) is 2.47. The van der Waals surface area contributed by atoms with Gasteiger partial charge in [-0.2, -0.15) is 0 Å². The lowest BCUT2D eigenvalue weighted by Crippen LogP contribution is -3.13. The van der Waals surface area contributed by atoms with Crippen molar-refractivity contribution in [2.75, 3.05) is 26.2 Å². The molecule has 3 nitrogen and oxygen atoms in total. The van der Waals surface area contributed by atoms with Gasteiger partial charge in [-0.15, -0.1) is 0 Å². The van der Waals surface area contributed by atoms with Crippen molar-refractivity contribution in [3.8, 4) is 0 Å². The van der Waals surface area contributed by atoms with Crippen molar-refractivity contribution in [3.05, 3.63) is 35.9 Å². The molecule has 19 heavy (non-hydrogen) atoms. The molecule has 3 heteroatoms. The fraction of sp³-hybridized carbons (Fsp3) is 0.562. The summed E-state index contributed by atoms with van der Waals surface area (Å²) < 4.78 is 0. The summed E-state index contributed by atoms with van der Waals surface area (Å²) >= 11 is 0. The Hall–Kier alpha value is -1.35. The van der Waals surface area contributed by atoms with Gasteiger partial charge in [0.15, 0.2) is 0 Å². The Morgan fingerprint density at radius 1 is 1.26 bits per heavy atom. The van der Waals surface area contributed by atoms with Crippen molar-refractivity contribution in [1.82, 2.24) is 4.90 Å². The van der Waals surface area contributed by atoms with Crippen LogP contribution in [0, 0.1) is 5.92 Å². The van der Waals surface area contributed by atoms with Crippen LogP contribution in [0.2, 0.25) is 0 Å². The van der Waals surface area contributed by atoms with Crippen LogP contribution in [0.1, 0.15) is 25.8 Å². The van der Waals surface area contributed by atoms with Gasteiger partial charge >= 0.3 is 0 Å². The van der Waals surface area contributed by atoms with E-state index >= 15 is 0 Å². The normalized spacial score (nSPS) is 18.3. The summed E-state index contributed by atoms with van der Waals surface area (Å²) in [6.45, 7) is 9.14. The highest BCUT2D eigenvalue weighted by Gasteiger charge is 2.25. The standard InChI is InChI=1S/C16H24N2O/c1-3-14(2)16(19)18-11-9-17(10-12-18)13-15-7-5-4-6-8-15/h4-8,14H,3,9-13H2,1-2H3/p+1/t14-/m0/s1. The molecule has 0 bridgehead atoms. The molecular weight excluding hydrogens is 236 g/mol. The first-order valence-electron chi connectivity index (χ1n) is 7.37. The summed E-state index contributed by atoms with van der Waals surface area (Å²) in [7, 11) is 0. The van der Waals surface area contributed by atoms with E-state index in [2.05, 4.69) is 37.3 Å². The van der Waals surface area contributed by atoms with Crippen LogP contribution in [-0.4, -0.2) is 37.0 Å². The first-order chi connectivity index (χ1) is 9.20. The van der Waals surface area contributed by atoms with E-state index in [1.807, 2.05) is 11.8 Å². The molecule has 1 saturated heterocycles. The number of benzene rings is 1. The summed E-state index contributed by atoms with van der Waals surface area (Å²) in [5.74, 6) is 0.511. The number of carbonyl (C=O) groups excluding carboxylic acids is 1. The zero-order chi connectivity index (χ0) is 13.7. The molecule has 1 aliphatic rings. The third-order valence-electron chi connectivity index (χ3n) is 4.11. The van der Waals surface area contributed by atoms with E-state index in [-0.39, 0.29) is 5.92 Å². The maximum absolute atomic E-state index is 12.1. The SMILES string of the molecule is CC[C@H](C)C(=O)N1CC[NH+](Cc2ccccc2)CC1. The van der Waals surface area contributed by atoms with E-state index in [4.69, 9.17) is 0 Å². The highest BCUT2D eigenvalue weighted by Crippen LogP contribution is 2.06. The van der Waals surface area contributed by atoms with Crippen molar-refractivity contribution in [1.29, 1.82) is 0 Å². The van der Waals surface area contributed by atoms with Crippen LogP contribution in [0.5, 0.6) is 0 Å². The summed E-state index contributed by atoms with van der Waals surface area (Å²) in [5.41, 5.74) is 1.39. The molecule has 2 rings (SSSR count). The van der Waals surface area contributed by atoms with E-state index in [0.717, 1.165) is 39.1 Å². The quantitative estimate of drug-likeness (QED) is 0.858. The molecule has 1 atom stereocenters. The second kappa shape index (κ2) is 6.71. The van der Waals surface area contributed by atoms with Crippen LogP contribution in [-0.2, 0) is 11.3 Å². The van der Waals surface area contributed by atoms with Crippen LogP contribution in [0.15, 0.2) is 30.3 Å². The van der Waals surface area contributed by atoms with Crippen LogP contribution >= 0.6 is 0 Å². The maximum atomic E-state index is 12.1. The van der Waals surface area contributed by atoms with Gasteiger partial charge in [-0.3, -0.25) is 4.79 Å². The average molecular weight is 261 g/mol. The molecule has 1 aromatic rings. The van der Waals surface area contributed by atoms with E-state index < -0.39 is 0 Å². The van der Waals surface area contributed by atoms with Gasteiger partial charge in [0.25, 0.3) is 0 Å². The van der Waals surface area contributed by atoms with Gasteiger partial charge in [0, 0.05) is 11.5 Å². The molecule has 0 unspecified atom stereocenters. The van der Waals surface area contributed by atoms with Gasteiger partial charge < -0.3 is 9.80 Å². The molecule has 1 N–H and O–H groups in total. The first-order valence-corrected chi connectivity index (χ1v) is 7.37. The number of nitrogens with zero attached hydrogens (tertiary/aromatic N) is 1. The lowest BCUT2D eigenvalue weighted by molar-refractivity contribution is -0.917. The molecule has 0 aliphatic carbocycles. The predicted molar refractivity (Wildman–Crippen MR) is 76.9 cm³/mol. The third-order valence-corrected chi connectivity index (χ3v) is 4.11. The largest absolute Gasteiger partial charge is 0.331 e. The topological polar surface area (TPSA) is 24.8 Å². The van der Waals surface area contributed by atoms with Crippen LogP contribution in [0.4, 0.5) is 0 Å². The minimum atomic E-state index is 0.177. The Morgan fingerprint density at radius 2 is 1.89 bits per heavy atom. The summed E-state index contributed by atoms with van der Waals surface area (Å²) in [6.07, 6.45) is 0.940. The van der Waals surface area contributed by atoms with Crippen molar-refractivity contribution < 1.29 is 9.69 Å². The number of amides is 1. The number of quaternary nitrogens is 1. The number of nitrogens with one attached hydrogen (secondary N) is 1. The lowest BCUT2D eigenvalue weighted by Gasteiger charge is -2.33. The minimum absolute atomic E-state index is 0.177. The second-order valence-electron chi connectivity index (χ2n) is 5.55. The third kappa shape index (κ3) is 3.80. The van der Waals surface area contributed by atoms with Crippen LogP contribution in [0.25, 0.3) is 0 Å². The zero-order valence-electron chi connectivity index (χ0n) is 12.1. The highest BCUT2D eigenvalue weighted by molar-refractivity contribution is 5.78. The Kier molecular flexibility index (Phi) is 4.97.